The molecule has 1 aromatic heterocycles. The maximum absolute atomic E-state index is 11.3. The molecular weight excluding hydrogens is 278 g/mol. The Kier molecular flexibility index (Phi) is 2.87. The van der Waals surface area contributed by atoms with E-state index in [1.807, 2.05) is 0 Å². The third-order valence-electron chi connectivity index (χ3n) is 2.74. The lowest BCUT2D eigenvalue weighted by molar-refractivity contribution is -0.0281. The number of hydrogen-bond donors (Lipinski definition) is 3. The molecule has 21 heavy (non-hydrogen) atoms. The summed E-state index contributed by atoms with van der Waals surface area (Å²) in [6, 6.07) is 6.21. The Balaban J connectivity index is 1.90. The average Bonchev–Trinajstić information content (AvgIpc) is 3.00. The van der Waals surface area contributed by atoms with Gasteiger partial charge in [-0.05, 0) is 12.1 Å². The van der Waals surface area contributed by atoms with Crippen molar-refractivity contribution in [1.82, 2.24) is 9.78 Å². The maximum Gasteiger partial charge on any atom is 0.346 e. The molecule has 9 nitrogen and oxygen atoms in total. The smallest absolute Gasteiger partial charge is 0.346 e. The highest BCUT2D eigenvalue weighted by atomic mass is 16.7. The molecular formula is C12H11N5O4. The summed E-state index contributed by atoms with van der Waals surface area (Å²) in [5, 5.41) is 6.21. The largest absolute Gasteiger partial charge is 0.432 e. The van der Waals surface area contributed by atoms with Gasteiger partial charge in [-0.15, -0.1) is 0 Å². The van der Waals surface area contributed by atoms with E-state index in [1.165, 1.54) is 10.9 Å². The first kappa shape index (κ1) is 12.8. The Hall–Kier alpha value is -3.23. The lowest BCUT2D eigenvalue weighted by Gasteiger charge is -2.09. The molecule has 0 aliphatic carbocycles. The van der Waals surface area contributed by atoms with E-state index in [0.29, 0.717) is 11.5 Å². The number of nitrogens with two attached hydrogens (primary N) is 2. The van der Waals surface area contributed by atoms with Crippen LogP contribution in [0, 0.1) is 0 Å². The van der Waals surface area contributed by atoms with E-state index < -0.39 is 18.4 Å². The second-order valence-electron chi connectivity index (χ2n) is 4.21. The Bertz CT molecular complexity index is 701. The summed E-state index contributed by atoms with van der Waals surface area (Å²) < 4.78 is 12.3. The fourth-order valence-corrected chi connectivity index (χ4v) is 1.90. The molecule has 2 aromatic rings. The van der Waals surface area contributed by atoms with Gasteiger partial charge in [-0.2, -0.15) is 9.78 Å². The molecule has 108 valence electrons. The minimum atomic E-state index is -0.899. The van der Waals surface area contributed by atoms with Crippen molar-refractivity contribution in [2.75, 3.05) is 5.32 Å². The number of nitrogens with zero attached hydrogens (tertiary/aromatic N) is 2. The summed E-state index contributed by atoms with van der Waals surface area (Å²) in [7, 11) is 0. The van der Waals surface area contributed by atoms with Crippen LogP contribution >= 0.6 is 0 Å². The normalized spacial score (nSPS) is 13.1. The highest BCUT2D eigenvalue weighted by Gasteiger charge is 2.28. The van der Waals surface area contributed by atoms with Crippen molar-refractivity contribution in [3.8, 4) is 11.5 Å². The quantitative estimate of drug-likeness (QED) is 0.751. The number of aromatic nitrogens is 2. The first-order valence-electron chi connectivity index (χ1n) is 5.92. The number of carbonyl (C=O) groups is 2. The van der Waals surface area contributed by atoms with Gasteiger partial charge in [0.25, 0.3) is 5.91 Å². The van der Waals surface area contributed by atoms with Crippen molar-refractivity contribution in [2.24, 2.45) is 11.5 Å². The molecule has 3 rings (SSSR count). The molecule has 0 fully saturated rings. The number of carbonyl (C=O) groups excluding carboxylic acids is 2. The van der Waals surface area contributed by atoms with Gasteiger partial charge in [-0.3, -0.25) is 4.79 Å². The van der Waals surface area contributed by atoms with Crippen molar-refractivity contribution in [2.45, 2.75) is 6.41 Å². The minimum Gasteiger partial charge on any atom is -0.432 e. The van der Waals surface area contributed by atoms with Gasteiger partial charge < -0.3 is 26.3 Å². The van der Waals surface area contributed by atoms with Gasteiger partial charge in [-0.25, -0.2) is 4.79 Å². The summed E-state index contributed by atoms with van der Waals surface area (Å²) >= 11 is 0. The SMILES string of the molecule is NC(=O)Nc1cn(C2Oc3ccccc3O2)nc1C(N)=O. The standard InChI is InChI=1S/C12H11N5O4/c13-10(18)9-6(15-11(14)19)5-17(16-9)12-20-7-3-1-2-4-8(7)21-12/h1-5,12H,(H2,13,18)(H3,14,15,19). The number of urea groups is 1. The molecule has 1 aliphatic heterocycles. The molecule has 1 aliphatic rings. The number of rotatable bonds is 3. The van der Waals surface area contributed by atoms with E-state index >= 15 is 0 Å². The number of amides is 3. The number of primary amides is 2. The van der Waals surface area contributed by atoms with Crippen LogP contribution in [-0.2, 0) is 0 Å². The topological polar surface area (TPSA) is 134 Å². The molecule has 5 N–H and O–H groups in total. The number of para-hydroxylation sites is 2. The van der Waals surface area contributed by atoms with Crippen LogP contribution in [0.1, 0.15) is 16.9 Å². The second-order valence-corrected chi connectivity index (χ2v) is 4.21. The lowest BCUT2D eigenvalue weighted by Crippen LogP contribution is -2.22. The van der Waals surface area contributed by atoms with Crippen LogP contribution < -0.4 is 26.3 Å². The van der Waals surface area contributed by atoms with Gasteiger partial charge in [0, 0.05) is 0 Å². The summed E-state index contributed by atoms with van der Waals surface area (Å²) in [6.45, 7) is 0. The van der Waals surface area contributed by atoms with Gasteiger partial charge in [0.1, 0.15) is 0 Å². The number of anilines is 1. The summed E-state index contributed by atoms with van der Waals surface area (Å²) in [6.07, 6.45) is 0.449. The van der Waals surface area contributed by atoms with E-state index in [9.17, 15) is 9.59 Å². The van der Waals surface area contributed by atoms with Crippen LogP contribution in [-0.4, -0.2) is 21.7 Å². The molecule has 1 aromatic carbocycles. The number of fused-ring (bicyclic) bond motifs is 1. The van der Waals surface area contributed by atoms with E-state index in [4.69, 9.17) is 20.9 Å². The van der Waals surface area contributed by atoms with E-state index in [1.54, 1.807) is 24.3 Å². The van der Waals surface area contributed by atoms with E-state index in [2.05, 4.69) is 10.4 Å². The Labute approximate surface area is 118 Å². The first-order valence-corrected chi connectivity index (χ1v) is 5.92. The predicted octanol–water partition coefficient (Wildman–Crippen LogP) is 0.400. The molecule has 3 amide bonds. The zero-order chi connectivity index (χ0) is 15.0. The average molecular weight is 289 g/mol. The molecule has 0 radical (unpaired) electrons. The highest BCUT2D eigenvalue weighted by molar-refractivity contribution is 6.00. The van der Waals surface area contributed by atoms with E-state index in [0.717, 1.165) is 0 Å². The third kappa shape index (κ3) is 2.31. The zero-order valence-corrected chi connectivity index (χ0v) is 10.6. The van der Waals surface area contributed by atoms with Crippen LogP contribution in [0.4, 0.5) is 10.5 Å². The monoisotopic (exact) mass is 289 g/mol. The van der Waals surface area contributed by atoms with Crippen molar-refractivity contribution < 1.29 is 19.1 Å². The molecule has 0 saturated heterocycles. The minimum absolute atomic E-state index is 0.0816. The molecule has 0 bridgehead atoms. The number of benzene rings is 1. The maximum atomic E-state index is 11.3. The van der Waals surface area contributed by atoms with Gasteiger partial charge in [0.2, 0.25) is 0 Å². The molecule has 0 spiro atoms. The Morgan fingerprint density at radius 3 is 2.33 bits per heavy atom. The molecule has 2 heterocycles. The fraction of sp³-hybridized carbons (Fsp3) is 0.0833. The second kappa shape index (κ2) is 4.71. The zero-order valence-electron chi connectivity index (χ0n) is 10.6. The summed E-state index contributed by atoms with van der Waals surface area (Å²) in [5.74, 6) is 0.277. The van der Waals surface area contributed by atoms with Crippen LogP contribution in [0.5, 0.6) is 11.5 Å². The van der Waals surface area contributed by atoms with Gasteiger partial charge in [-0.1, -0.05) is 12.1 Å². The first-order chi connectivity index (χ1) is 10.0. The fourth-order valence-electron chi connectivity index (χ4n) is 1.90. The van der Waals surface area contributed by atoms with Crippen LogP contribution in [0.25, 0.3) is 0 Å². The van der Waals surface area contributed by atoms with Gasteiger partial charge in [0.05, 0.1) is 11.9 Å². The van der Waals surface area contributed by atoms with Crippen molar-refractivity contribution >= 4 is 17.6 Å². The van der Waals surface area contributed by atoms with E-state index in [-0.39, 0.29) is 11.4 Å². The molecule has 0 unspecified atom stereocenters. The van der Waals surface area contributed by atoms with Crippen molar-refractivity contribution in [3.63, 3.8) is 0 Å². The number of ether oxygens (including phenoxy) is 2. The molecule has 9 heteroatoms. The van der Waals surface area contributed by atoms with Crippen molar-refractivity contribution in [1.29, 1.82) is 0 Å². The predicted molar refractivity (Wildman–Crippen MR) is 70.7 cm³/mol. The van der Waals surface area contributed by atoms with Crippen LogP contribution in [0.15, 0.2) is 30.5 Å². The molecule has 0 saturated carbocycles. The van der Waals surface area contributed by atoms with Gasteiger partial charge >= 0.3 is 12.4 Å². The Morgan fingerprint density at radius 2 is 1.81 bits per heavy atom. The molecule has 0 atom stereocenters. The summed E-state index contributed by atoms with van der Waals surface area (Å²) in [5.41, 5.74) is 10.2. The van der Waals surface area contributed by atoms with Crippen LogP contribution in [0.2, 0.25) is 0 Å². The number of hydrogen-bond acceptors (Lipinski definition) is 5. The highest BCUT2D eigenvalue weighted by Crippen LogP contribution is 2.37. The van der Waals surface area contributed by atoms with Gasteiger partial charge in [0.15, 0.2) is 17.2 Å². The lowest BCUT2D eigenvalue weighted by atomic mass is 10.3. The number of nitrogens with one attached hydrogen (secondary N) is 1. The Morgan fingerprint density at radius 1 is 1.19 bits per heavy atom. The third-order valence-corrected chi connectivity index (χ3v) is 2.74. The summed E-state index contributed by atoms with van der Waals surface area (Å²) in [4.78, 5) is 22.2. The van der Waals surface area contributed by atoms with Crippen LogP contribution in [0.3, 0.4) is 0 Å². The van der Waals surface area contributed by atoms with Crippen molar-refractivity contribution in [3.05, 3.63) is 36.2 Å².